The van der Waals surface area contributed by atoms with Crippen LogP contribution in [0.15, 0.2) is 48.5 Å². The standard InChI is InChI=1S/C21H19Cl2F4NO2/c22-20(24,25)19(30,21(23,26)27)16-9-10-17-15(13-16)8-4-5-11-28(17)18(29)12-14-6-2-1-3-7-14/h1-3,6-7,9-10,13,30H,4-5,8,11-12H2. The van der Waals surface area contributed by atoms with Crippen molar-refractivity contribution in [2.45, 2.75) is 42.0 Å². The quantitative estimate of drug-likeness (QED) is 0.473. The van der Waals surface area contributed by atoms with Crippen LogP contribution in [0.3, 0.4) is 0 Å². The Kier molecular flexibility index (Phi) is 6.37. The van der Waals surface area contributed by atoms with E-state index in [4.69, 9.17) is 23.2 Å². The second-order valence-corrected chi connectivity index (χ2v) is 8.16. The molecule has 0 fully saturated rings. The summed E-state index contributed by atoms with van der Waals surface area (Å²) in [4.78, 5) is 14.4. The number of nitrogens with zero attached hydrogens (tertiary/aromatic N) is 1. The zero-order valence-electron chi connectivity index (χ0n) is 15.7. The van der Waals surface area contributed by atoms with Gasteiger partial charge in [0.15, 0.2) is 0 Å². The number of hydrogen-bond acceptors (Lipinski definition) is 2. The van der Waals surface area contributed by atoms with E-state index in [0.717, 1.165) is 17.7 Å². The Balaban J connectivity index is 2.00. The molecule has 0 saturated carbocycles. The van der Waals surface area contributed by atoms with Gasteiger partial charge in [0, 0.05) is 12.2 Å². The lowest BCUT2D eigenvalue weighted by molar-refractivity contribution is -0.224. The lowest BCUT2D eigenvalue weighted by Gasteiger charge is -2.36. The molecule has 1 N–H and O–H groups in total. The molecule has 0 aliphatic carbocycles. The molecule has 1 aliphatic rings. The minimum Gasteiger partial charge on any atom is -0.372 e. The first-order valence-electron chi connectivity index (χ1n) is 9.28. The highest BCUT2D eigenvalue weighted by Gasteiger charge is 2.68. The predicted octanol–water partition coefficient (Wildman–Crippen LogP) is 5.45. The monoisotopic (exact) mass is 463 g/mol. The Hall–Kier alpha value is -1.83. The fraction of sp³-hybridized carbons (Fsp3) is 0.381. The molecule has 3 nitrogen and oxygen atoms in total. The van der Waals surface area contributed by atoms with Gasteiger partial charge in [-0.3, -0.25) is 4.79 Å². The van der Waals surface area contributed by atoms with Crippen molar-refractivity contribution >= 4 is 34.8 Å². The minimum absolute atomic E-state index is 0.130. The van der Waals surface area contributed by atoms with Crippen LogP contribution < -0.4 is 4.90 Å². The van der Waals surface area contributed by atoms with Gasteiger partial charge < -0.3 is 10.0 Å². The number of fused-ring (bicyclic) bond motifs is 1. The Morgan fingerprint density at radius 2 is 1.63 bits per heavy atom. The number of carbonyl (C=O) groups excluding carboxylic acids is 1. The van der Waals surface area contributed by atoms with Crippen molar-refractivity contribution in [3.8, 4) is 0 Å². The fourth-order valence-electron chi connectivity index (χ4n) is 3.59. The van der Waals surface area contributed by atoms with Gasteiger partial charge in [-0.25, -0.2) is 0 Å². The topological polar surface area (TPSA) is 40.5 Å². The molecule has 0 saturated heterocycles. The number of carbonyl (C=O) groups is 1. The van der Waals surface area contributed by atoms with Gasteiger partial charge in [-0.2, -0.15) is 17.6 Å². The molecule has 162 valence electrons. The molecular weight excluding hydrogens is 445 g/mol. The number of aliphatic hydroxyl groups is 1. The number of aryl methyl sites for hydroxylation is 1. The van der Waals surface area contributed by atoms with Crippen molar-refractivity contribution in [1.82, 2.24) is 0 Å². The summed E-state index contributed by atoms with van der Waals surface area (Å²) >= 11 is 9.66. The molecule has 0 atom stereocenters. The molecule has 30 heavy (non-hydrogen) atoms. The Morgan fingerprint density at radius 1 is 1.00 bits per heavy atom. The van der Waals surface area contributed by atoms with Crippen LogP contribution in [0.25, 0.3) is 0 Å². The van der Waals surface area contributed by atoms with Gasteiger partial charge in [-0.15, -0.1) is 0 Å². The number of alkyl halides is 6. The highest BCUT2D eigenvalue weighted by Crippen LogP contribution is 2.53. The van der Waals surface area contributed by atoms with E-state index < -0.39 is 21.9 Å². The number of rotatable bonds is 5. The summed E-state index contributed by atoms with van der Waals surface area (Å²) in [6, 6.07) is 12.3. The Bertz CT molecular complexity index is 899. The van der Waals surface area contributed by atoms with Gasteiger partial charge in [-0.05, 0) is 65.2 Å². The van der Waals surface area contributed by atoms with E-state index >= 15 is 0 Å². The molecule has 0 unspecified atom stereocenters. The average Bonchev–Trinajstić information content (AvgIpc) is 2.88. The summed E-state index contributed by atoms with van der Waals surface area (Å²) in [7, 11) is 0. The number of benzene rings is 2. The maximum absolute atomic E-state index is 13.8. The van der Waals surface area contributed by atoms with E-state index in [1.807, 2.05) is 30.3 Å². The van der Waals surface area contributed by atoms with Crippen LogP contribution in [0.4, 0.5) is 23.2 Å². The maximum atomic E-state index is 13.8. The SMILES string of the molecule is O=C(Cc1ccccc1)N1CCCCc2cc(C(O)(C(F)(F)Cl)C(F)(F)Cl)ccc21. The first-order chi connectivity index (χ1) is 13.9. The fourth-order valence-corrected chi connectivity index (χ4v) is 4.10. The molecule has 0 radical (unpaired) electrons. The number of hydrogen-bond donors (Lipinski definition) is 1. The second-order valence-electron chi connectivity index (χ2n) is 7.21. The number of amides is 1. The summed E-state index contributed by atoms with van der Waals surface area (Å²) < 4.78 is 55.2. The Morgan fingerprint density at radius 3 is 2.23 bits per heavy atom. The predicted molar refractivity (Wildman–Crippen MR) is 107 cm³/mol. The van der Waals surface area contributed by atoms with Gasteiger partial charge in [0.2, 0.25) is 11.5 Å². The van der Waals surface area contributed by atoms with Crippen LogP contribution in [0.2, 0.25) is 0 Å². The van der Waals surface area contributed by atoms with Crippen LogP contribution in [0, 0.1) is 0 Å². The van der Waals surface area contributed by atoms with Crippen LogP contribution in [0.1, 0.15) is 29.5 Å². The van der Waals surface area contributed by atoms with E-state index in [1.54, 1.807) is 0 Å². The molecule has 1 heterocycles. The maximum Gasteiger partial charge on any atom is 0.361 e. The summed E-state index contributed by atoms with van der Waals surface area (Å²) in [5, 5.41) is 0.681. The Labute approximate surface area is 181 Å². The second kappa shape index (κ2) is 8.36. The van der Waals surface area contributed by atoms with Crippen molar-refractivity contribution < 1.29 is 27.5 Å². The van der Waals surface area contributed by atoms with Crippen LogP contribution in [-0.4, -0.2) is 28.3 Å². The van der Waals surface area contributed by atoms with E-state index in [0.29, 0.717) is 37.1 Å². The molecule has 1 aliphatic heterocycles. The molecule has 3 rings (SSSR count). The summed E-state index contributed by atoms with van der Waals surface area (Å²) in [5.41, 5.74) is -3.33. The van der Waals surface area contributed by atoms with Crippen molar-refractivity contribution in [3.63, 3.8) is 0 Å². The minimum atomic E-state index is -4.74. The van der Waals surface area contributed by atoms with Crippen molar-refractivity contribution in [1.29, 1.82) is 0 Å². The summed E-state index contributed by atoms with van der Waals surface area (Å²) in [5.74, 6) is -0.210. The highest BCUT2D eigenvalue weighted by atomic mass is 35.5. The normalized spacial score (nSPS) is 15.5. The van der Waals surface area contributed by atoms with E-state index in [1.165, 1.54) is 11.0 Å². The summed E-state index contributed by atoms with van der Waals surface area (Å²) in [6.07, 6.45) is 1.74. The molecule has 0 bridgehead atoms. The number of halogens is 6. The van der Waals surface area contributed by atoms with Crippen molar-refractivity contribution in [2.75, 3.05) is 11.4 Å². The average molecular weight is 464 g/mol. The first kappa shape index (κ1) is 22.8. The molecule has 2 aromatic rings. The molecule has 1 amide bonds. The zero-order valence-corrected chi connectivity index (χ0v) is 17.2. The zero-order chi connectivity index (χ0) is 22.2. The third kappa shape index (κ3) is 4.29. The van der Waals surface area contributed by atoms with Crippen LogP contribution in [-0.2, 0) is 23.2 Å². The third-order valence-corrected chi connectivity index (χ3v) is 5.73. The summed E-state index contributed by atoms with van der Waals surface area (Å²) in [6.45, 7) is 0.402. The van der Waals surface area contributed by atoms with Crippen molar-refractivity contribution in [2.24, 2.45) is 0 Å². The third-order valence-electron chi connectivity index (χ3n) is 5.19. The van der Waals surface area contributed by atoms with Gasteiger partial charge in [0.25, 0.3) is 0 Å². The molecule has 9 heteroatoms. The largest absolute Gasteiger partial charge is 0.372 e. The lowest BCUT2D eigenvalue weighted by atomic mass is 9.91. The van der Waals surface area contributed by atoms with Gasteiger partial charge >= 0.3 is 10.8 Å². The molecule has 2 aromatic carbocycles. The van der Waals surface area contributed by atoms with Crippen LogP contribution >= 0.6 is 23.2 Å². The molecule has 0 aromatic heterocycles. The van der Waals surface area contributed by atoms with E-state index in [2.05, 4.69) is 0 Å². The first-order valence-corrected chi connectivity index (χ1v) is 10.0. The van der Waals surface area contributed by atoms with Gasteiger partial charge in [0.05, 0.1) is 6.42 Å². The highest BCUT2D eigenvalue weighted by molar-refractivity contribution is 6.26. The van der Waals surface area contributed by atoms with E-state index in [9.17, 15) is 27.5 Å². The van der Waals surface area contributed by atoms with E-state index in [-0.39, 0.29) is 12.3 Å². The van der Waals surface area contributed by atoms with Crippen molar-refractivity contribution in [3.05, 3.63) is 65.2 Å². The van der Waals surface area contributed by atoms with Gasteiger partial charge in [0.1, 0.15) is 0 Å². The molecule has 0 spiro atoms. The smallest absolute Gasteiger partial charge is 0.361 e. The molecular formula is C21H19Cl2F4NO2. The van der Waals surface area contributed by atoms with Crippen LogP contribution in [0.5, 0.6) is 0 Å². The number of anilines is 1. The van der Waals surface area contributed by atoms with Gasteiger partial charge in [-0.1, -0.05) is 42.5 Å². The lowest BCUT2D eigenvalue weighted by Crippen LogP contribution is -2.52.